The van der Waals surface area contributed by atoms with Gasteiger partial charge in [0.2, 0.25) is 10.0 Å². The van der Waals surface area contributed by atoms with Crippen LogP contribution in [0, 0.1) is 5.92 Å². The second-order valence-corrected chi connectivity index (χ2v) is 9.15. The summed E-state index contributed by atoms with van der Waals surface area (Å²) in [5, 5.41) is 5.67. The van der Waals surface area contributed by atoms with E-state index in [-0.39, 0.29) is 11.8 Å². The summed E-state index contributed by atoms with van der Waals surface area (Å²) in [5.74, 6) is 0.703. The summed E-state index contributed by atoms with van der Waals surface area (Å²) in [7, 11) is -3.11. The smallest absolute Gasteiger partial charge is 0.319 e. The Bertz CT molecular complexity index is 681. The van der Waals surface area contributed by atoms with E-state index in [1.807, 2.05) is 24.3 Å². The van der Waals surface area contributed by atoms with Gasteiger partial charge in [0.1, 0.15) is 0 Å². The van der Waals surface area contributed by atoms with Crippen molar-refractivity contribution >= 4 is 27.4 Å². The summed E-state index contributed by atoms with van der Waals surface area (Å²) in [5.41, 5.74) is 1.77. The van der Waals surface area contributed by atoms with Gasteiger partial charge in [-0.05, 0) is 43.5 Å². The fourth-order valence-corrected chi connectivity index (χ4v) is 3.90. The molecule has 2 rings (SSSR count). The lowest BCUT2D eigenvalue weighted by molar-refractivity contribution is 0.251. The second-order valence-electron chi connectivity index (χ2n) is 6.90. The standard InChI is InChI=1S/C18H30N4O3S/c1-4-26(24,25)22-13-11-21(12-14-22)17-7-5-16(6-8-17)20-18(23)19-10-9-15(2)3/h5-8,15H,4,9-14H2,1-3H3,(H2,19,20,23). The molecular formula is C18H30N4O3S. The van der Waals surface area contributed by atoms with Gasteiger partial charge in [-0.1, -0.05) is 13.8 Å². The minimum atomic E-state index is -3.11. The van der Waals surface area contributed by atoms with Crippen LogP contribution >= 0.6 is 0 Å². The van der Waals surface area contributed by atoms with Crippen molar-refractivity contribution in [2.75, 3.05) is 48.7 Å². The molecule has 1 heterocycles. The molecule has 1 aromatic carbocycles. The van der Waals surface area contributed by atoms with E-state index in [4.69, 9.17) is 0 Å². The van der Waals surface area contributed by atoms with Crippen molar-refractivity contribution in [1.29, 1.82) is 0 Å². The lowest BCUT2D eigenvalue weighted by atomic mass is 10.1. The van der Waals surface area contributed by atoms with Crippen LogP contribution in [0.3, 0.4) is 0 Å². The van der Waals surface area contributed by atoms with E-state index in [0.29, 0.717) is 38.6 Å². The number of urea groups is 1. The Morgan fingerprint density at radius 3 is 2.27 bits per heavy atom. The van der Waals surface area contributed by atoms with E-state index in [9.17, 15) is 13.2 Å². The van der Waals surface area contributed by atoms with Crippen LogP contribution in [0.2, 0.25) is 0 Å². The summed E-state index contributed by atoms with van der Waals surface area (Å²) in [6.07, 6.45) is 0.950. The first-order chi connectivity index (χ1) is 12.3. The molecule has 0 saturated carbocycles. The van der Waals surface area contributed by atoms with Gasteiger partial charge in [0.15, 0.2) is 0 Å². The number of hydrogen-bond acceptors (Lipinski definition) is 4. The van der Waals surface area contributed by atoms with E-state index in [1.54, 1.807) is 11.2 Å². The Morgan fingerprint density at radius 2 is 1.73 bits per heavy atom. The molecule has 26 heavy (non-hydrogen) atoms. The highest BCUT2D eigenvalue weighted by atomic mass is 32.2. The van der Waals surface area contributed by atoms with Gasteiger partial charge in [0, 0.05) is 44.1 Å². The fourth-order valence-electron chi connectivity index (χ4n) is 2.81. The van der Waals surface area contributed by atoms with Gasteiger partial charge in [-0.25, -0.2) is 13.2 Å². The van der Waals surface area contributed by atoms with Crippen LogP contribution in [-0.4, -0.2) is 57.2 Å². The third-order valence-corrected chi connectivity index (χ3v) is 6.38. The number of hydrogen-bond donors (Lipinski definition) is 2. The van der Waals surface area contributed by atoms with Crippen LogP contribution in [-0.2, 0) is 10.0 Å². The van der Waals surface area contributed by atoms with Gasteiger partial charge in [-0.15, -0.1) is 0 Å². The zero-order valence-electron chi connectivity index (χ0n) is 15.9. The van der Waals surface area contributed by atoms with Crippen LogP contribution in [0.25, 0.3) is 0 Å². The van der Waals surface area contributed by atoms with Gasteiger partial charge >= 0.3 is 6.03 Å². The molecule has 146 valence electrons. The summed E-state index contributed by atoms with van der Waals surface area (Å²) >= 11 is 0. The summed E-state index contributed by atoms with van der Waals surface area (Å²) in [6, 6.07) is 7.44. The number of piperazine rings is 1. The number of carbonyl (C=O) groups is 1. The van der Waals surface area contributed by atoms with Gasteiger partial charge in [-0.2, -0.15) is 4.31 Å². The van der Waals surface area contributed by atoms with Gasteiger partial charge in [0.25, 0.3) is 0 Å². The number of benzene rings is 1. The molecule has 1 aliphatic rings. The van der Waals surface area contributed by atoms with E-state index < -0.39 is 10.0 Å². The fraction of sp³-hybridized carbons (Fsp3) is 0.611. The van der Waals surface area contributed by atoms with Crippen molar-refractivity contribution in [3.05, 3.63) is 24.3 Å². The molecule has 0 spiro atoms. The summed E-state index contributed by atoms with van der Waals surface area (Å²) in [6.45, 7) is 8.93. The zero-order valence-corrected chi connectivity index (χ0v) is 16.7. The number of amides is 2. The Labute approximate surface area is 156 Å². The average Bonchev–Trinajstić information content (AvgIpc) is 2.62. The molecule has 1 saturated heterocycles. The molecule has 0 aromatic heterocycles. The SMILES string of the molecule is CCS(=O)(=O)N1CCN(c2ccc(NC(=O)NCCC(C)C)cc2)CC1. The quantitative estimate of drug-likeness (QED) is 0.758. The third-order valence-electron chi connectivity index (χ3n) is 4.49. The van der Waals surface area contributed by atoms with E-state index in [2.05, 4.69) is 29.4 Å². The molecule has 7 nitrogen and oxygen atoms in total. The molecular weight excluding hydrogens is 352 g/mol. The van der Waals surface area contributed by atoms with E-state index in [1.165, 1.54) is 0 Å². The number of carbonyl (C=O) groups excluding carboxylic acids is 1. The van der Waals surface area contributed by atoms with Crippen LogP contribution in [0.4, 0.5) is 16.2 Å². The molecule has 0 radical (unpaired) electrons. The molecule has 2 amide bonds. The zero-order chi connectivity index (χ0) is 19.2. The number of nitrogens with one attached hydrogen (secondary N) is 2. The summed E-state index contributed by atoms with van der Waals surface area (Å²) < 4.78 is 25.4. The average molecular weight is 383 g/mol. The number of rotatable bonds is 7. The molecule has 0 unspecified atom stereocenters. The van der Waals surface area contributed by atoms with Crippen LogP contribution in [0.5, 0.6) is 0 Å². The second kappa shape index (κ2) is 9.23. The Morgan fingerprint density at radius 1 is 1.12 bits per heavy atom. The van der Waals surface area contributed by atoms with Crippen LogP contribution < -0.4 is 15.5 Å². The maximum atomic E-state index is 11.9. The molecule has 1 aliphatic heterocycles. The number of sulfonamides is 1. The van der Waals surface area contributed by atoms with Crippen molar-refractivity contribution < 1.29 is 13.2 Å². The minimum Gasteiger partial charge on any atom is -0.369 e. The third kappa shape index (κ3) is 5.88. The molecule has 2 N–H and O–H groups in total. The van der Waals surface area contributed by atoms with Crippen molar-refractivity contribution in [1.82, 2.24) is 9.62 Å². The Balaban J connectivity index is 1.83. The molecule has 8 heteroatoms. The van der Waals surface area contributed by atoms with Crippen molar-refractivity contribution in [2.45, 2.75) is 27.2 Å². The van der Waals surface area contributed by atoms with Crippen molar-refractivity contribution in [3.63, 3.8) is 0 Å². The topological polar surface area (TPSA) is 81.8 Å². The largest absolute Gasteiger partial charge is 0.369 e. The van der Waals surface area contributed by atoms with Crippen LogP contribution in [0.1, 0.15) is 27.2 Å². The Kier molecular flexibility index (Phi) is 7.28. The highest BCUT2D eigenvalue weighted by Crippen LogP contribution is 2.20. The lowest BCUT2D eigenvalue weighted by Gasteiger charge is -2.35. The predicted octanol–water partition coefficient (Wildman–Crippen LogP) is 2.33. The maximum absolute atomic E-state index is 11.9. The lowest BCUT2D eigenvalue weighted by Crippen LogP contribution is -2.49. The minimum absolute atomic E-state index is 0.145. The van der Waals surface area contributed by atoms with Gasteiger partial charge < -0.3 is 15.5 Å². The predicted molar refractivity (Wildman–Crippen MR) is 106 cm³/mol. The highest BCUT2D eigenvalue weighted by molar-refractivity contribution is 7.89. The van der Waals surface area contributed by atoms with Crippen molar-refractivity contribution in [2.24, 2.45) is 5.92 Å². The highest BCUT2D eigenvalue weighted by Gasteiger charge is 2.25. The number of nitrogens with zero attached hydrogens (tertiary/aromatic N) is 2. The van der Waals surface area contributed by atoms with Gasteiger partial charge in [-0.3, -0.25) is 0 Å². The monoisotopic (exact) mass is 382 g/mol. The first-order valence-corrected chi connectivity index (χ1v) is 10.8. The number of anilines is 2. The van der Waals surface area contributed by atoms with E-state index >= 15 is 0 Å². The molecule has 1 fully saturated rings. The summed E-state index contributed by atoms with van der Waals surface area (Å²) in [4.78, 5) is 14.0. The van der Waals surface area contributed by atoms with Crippen molar-refractivity contribution in [3.8, 4) is 0 Å². The molecule has 0 aliphatic carbocycles. The van der Waals surface area contributed by atoms with E-state index in [0.717, 1.165) is 17.8 Å². The maximum Gasteiger partial charge on any atom is 0.319 e. The normalized spacial score (nSPS) is 15.9. The van der Waals surface area contributed by atoms with Gasteiger partial charge in [0.05, 0.1) is 5.75 Å². The molecule has 1 aromatic rings. The Hall–Kier alpha value is -1.80. The molecule has 0 atom stereocenters. The first kappa shape index (κ1) is 20.5. The van der Waals surface area contributed by atoms with Crippen LogP contribution in [0.15, 0.2) is 24.3 Å². The first-order valence-electron chi connectivity index (χ1n) is 9.19. The molecule has 0 bridgehead atoms.